The molecular weight excluding hydrogens is 473 g/mol. The van der Waals surface area contributed by atoms with Crippen molar-refractivity contribution >= 4 is 73.7 Å². The van der Waals surface area contributed by atoms with Gasteiger partial charge in [0.05, 0.1) is 33.6 Å². The summed E-state index contributed by atoms with van der Waals surface area (Å²) in [7, 11) is 1.56. The highest BCUT2D eigenvalue weighted by atomic mass is 35.5. The third-order valence-corrected chi connectivity index (χ3v) is 6.23. The Labute approximate surface area is 198 Å². The largest absolute Gasteiger partial charge is 0.495 e. The lowest BCUT2D eigenvalue weighted by atomic mass is 10.2. The number of halogens is 2. The van der Waals surface area contributed by atoms with Crippen molar-refractivity contribution in [3.05, 3.63) is 76.3 Å². The first-order valence-electron chi connectivity index (χ1n) is 9.06. The predicted molar refractivity (Wildman–Crippen MR) is 132 cm³/mol. The molecule has 0 atom stereocenters. The normalized spacial score (nSPS) is 10.7. The second kappa shape index (κ2) is 9.20. The monoisotopic (exact) mass is 487 g/mol. The number of aromatic nitrogens is 1. The Hall–Kier alpha value is -2.71. The molecule has 156 valence electrons. The van der Waals surface area contributed by atoms with Crippen LogP contribution >= 0.6 is 46.8 Å². The SMILES string of the molecule is COc1ccc(-c2nc3ccccc3s2)cc1NC(=S)NC(=O)c1ccc(Cl)cc1Cl. The van der Waals surface area contributed by atoms with Gasteiger partial charge in [0.2, 0.25) is 0 Å². The van der Waals surface area contributed by atoms with Crippen LogP contribution < -0.4 is 15.4 Å². The Kier molecular flexibility index (Phi) is 6.38. The molecule has 9 heteroatoms. The van der Waals surface area contributed by atoms with Crippen molar-refractivity contribution in [2.45, 2.75) is 0 Å². The highest BCUT2D eigenvalue weighted by Crippen LogP contribution is 2.34. The molecule has 0 aliphatic carbocycles. The summed E-state index contributed by atoms with van der Waals surface area (Å²) in [6.07, 6.45) is 0. The van der Waals surface area contributed by atoms with E-state index >= 15 is 0 Å². The van der Waals surface area contributed by atoms with Crippen molar-refractivity contribution in [3.63, 3.8) is 0 Å². The zero-order chi connectivity index (χ0) is 22.0. The van der Waals surface area contributed by atoms with Crippen LogP contribution in [-0.2, 0) is 0 Å². The fraction of sp³-hybridized carbons (Fsp3) is 0.0455. The highest BCUT2D eigenvalue weighted by molar-refractivity contribution is 7.80. The van der Waals surface area contributed by atoms with Crippen LogP contribution in [0.5, 0.6) is 5.75 Å². The standard InChI is InChI=1S/C22H15Cl2N3O2S2/c1-29-18-9-6-12(21-25-16-4-2-3-5-19(16)31-21)10-17(18)26-22(30)27-20(28)14-8-7-13(23)11-15(14)24/h2-11H,1H3,(H2,26,27,28,30). The van der Waals surface area contributed by atoms with E-state index in [4.69, 9.17) is 40.2 Å². The fourth-order valence-corrected chi connectivity index (χ4v) is 4.59. The van der Waals surface area contributed by atoms with Crippen molar-refractivity contribution in [2.24, 2.45) is 0 Å². The average molecular weight is 488 g/mol. The predicted octanol–water partition coefficient (Wildman–Crippen LogP) is 6.41. The number of ether oxygens (including phenoxy) is 1. The maximum absolute atomic E-state index is 12.5. The summed E-state index contributed by atoms with van der Waals surface area (Å²) < 4.78 is 6.53. The third-order valence-electron chi connectivity index (χ3n) is 4.39. The van der Waals surface area contributed by atoms with E-state index in [2.05, 4.69) is 15.6 Å². The zero-order valence-corrected chi connectivity index (χ0v) is 19.3. The molecule has 4 aromatic rings. The van der Waals surface area contributed by atoms with Gasteiger partial charge in [-0.05, 0) is 60.7 Å². The van der Waals surface area contributed by atoms with Gasteiger partial charge in [-0.1, -0.05) is 35.3 Å². The minimum Gasteiger partial charge on any atom is -0.495 e. The minimum absolute atomic E-state index is 0.107. The number of para-hydroxylation sites is 1. The molecule has 0 aliphatic heterocycles. The molecule has 31 heavy (non-hydrogen) atoms. The number of thiocarbonyl (C=S) groups is 1. The first-order chi connectivity index (χ1) is 14.9. The van der Waals surface area contributed by atoms with E-state index in [0.717, 1.165) is 20.8 Å². The second-order valence-electron chi connectivity index (χ2n) is 6.43. The Morgan fingerprint density at radius 1 is 1.10 bits per heavy atom. The Balaban J connectivity index is 1.56. The topological polar surface area (TPSA) is 63.2 Å². The number of hydrogen-bond acceptors (Lipinski definition) is 5. The van der Waals surface area contributed by atoms with Gasteiger partial charge in [-0.3, -0.25) is 10.1 Å². The lowest BCUT2D eigenvalue weighted by Crippen LogP contribution is -2.34. The van der Waals surface area contributed by atoms with E-state index in [9.17, 15) is 4.79 Å². The number of carbonyl (C=O) groups is 1. The van der Waals surface area contributed by atoms with Crippen LogP contribution in [0.15, 0.2) is 60.7 Å². The Bertz CT molecular complexity index is 1270. The lowest BCUT2D eigenvalue weighted by molar-refractivity contribution is 0.0978. The molecule has 0 saturated carbocycles. The van der Waals surface area contributed by atoms with Crippen molar-refractivity contribution in [1.82, 2.24) is 10.3 Å². The molecule has 3 aromatic carbocycles. The van der Waals surface area contributed by atoms with Crippen LogP contribution in [0.1, 0.15) is 10.4 Å². The van der Waals surface area contributed by atoms with Gasteiger partial charge in [0.15, 0.2) is 5.11 Å². The number of methoxy groups -OCH3 is 1. The quantitative estimate of drug-likeness (QED) is 0.325. The molecule has 0 radical (unpaired) electrons. The minimum atomic E-state index is -0.444. The number of anilines is 1. The van der Waals surface area contributed by atoms with Crippen molar-refractivity contribution in [2.75, 3.05) is 12.4 Å². The molecule has 1 amide bonds. The molecule has 1 aromatic heterocycles. The molecule has 0 aliphatic rings. The molecule has 5 nitrogen and oxygen atoms in total. The van der Waals surface area contributed by atoms with E-state index in [0.29, 0.717) is 16.5 Å². The molecule has 0 unspecified atom stereocenters. The van der Waals surface area contributed by atoms with Crippen molar-refractivity contribution in [1.29, 1.82) is 0 Å². The number of carbonyl (C=O) groups excluding carboxylic acids is 1. The van der Waals surface area contributed by atoms with Crippen molar-refractivity contribution < 1.29 is 9.53 Å². The number of benzene rings is 3. The van der Waals surface area contributed by atoms with E-state index in [1.54, 1.807) is 24.5 Å². The molecular formula is C22H15Cl2N3O2S2. The van der Waals surface area contributed by atoms with E-state index in [1.165, 1.54) is 12.1 Å². The van der Waals surface area contributed by atoms with Gasteiger partial charge in [-0.2, -0.15) is 0 Å². The molecule has 0 bridgehead atoms. The maximum atomic E-state index is 12.5. The first-order valence-corrected chi connectivity index (χ1v) is 11.0. The first kappa shape index (κ1) is 21.5. The number of amides is 1. The summed E-state index contributed by atoms with van der Waals surface area (Å²) in [5, 5.41) is 7.30. The summed E-state index contributed by atoms with van der Waals surface area (Å²) in [5.41, 5.74) is 2.71. The van der Waals surface area contributed by atoms with Gasteiger partial charge in [-0.15, -0.1) is 11.3 Å². The summed E-state index contributed by atoms with van der Waals surface area (Å²) in [5.74, 6) is 0.131. The summed E-state index contributed by atoms with van der Waals surface area (Å²) in [4.78, 5) is 17.2. The van der Waals surface area contributed by atoms with Crippen LogP contribution in [0, 0.1) is 0 Å². The van der Waals surface area contributed by atoms with E-state index in [-0.39, 0.29) is 15.7 Å². The zero-order valence-electron chi connectivity index (χ0n) is 16.1. The van der Waals surface area contributed by atoms with Crippen LogP contribution in [0.25, 0.3) is 20.8 Å². The van der Waals surface area contributed by atoms with Crippen LogP contribution in [0.3, 0.4) is 0 Å². The summed E-state index contributed by atoms with van der Waals surface area (Å²) in [6, 6.07) is 18.2. The van der Waals surface area contributed by atoms with Crippen LogP contribution in [-0.4, -0.2) is 23.1 Å². The number of thiazole rings is 1. The van der Waals surface area contributed by atoms with Crippen molar-refractivity contribution in [3.8, 4) is 16.3 Å². The van der Waals surface area contributed by atoms with Crippen LogP contribution in [0.4, 0.5) is 5.69 Å². The van der Waals surface area contributed by atoms with Gasteiger partial charge >= 0.3 is 0 Å². The van der Waals surface area contributed by atoms with Gasteiger partial charge in [0.1, 0.15) is 10.8 Å². The highest BCUT2D eigenvalue weighted by Gasteiger charge is 2.15. The molecule has 0 fully saturated rings. The molecule has 2 N–H and O–H groups in total. The lowest BCUT2D eigenvalue weighted by Gasteiger charge is -2.14. The molecule has 0 saturated heterocycles. The smallest absolute Gasteiger partial charge is 0.258 e. The van der Waals surface area contributed by atoms with Gasteiger partial charge in [0, 0.05) is 10.6 Å². The number of nitrogens with one attached hydrogen (secondary N) is 2. The number of rotatable bonds is 4. The van der Waals surface area contributed by atoms with Gasteiger partial charge in [-0.25, -0.2) is 4.98 Å². The number of fused-ring (bicyclic) bond motifs is 1. The van der Waals surface area contributed by atoms with Gasteiger partial charge in [0.25, 0.3) is 5.91 Å². The number of hydrogen-bond donors (Lipinski definition) is 2. The summed E-state index contributed by atoms with van der Waals surface area (Å²) in [6.45, 7) is 0. The molecule has 0 spiro atoms. The summed E-state index contributed by atoms with van der Waals surface area (Å²) >= 11 is 18.9. The second-order valence-corrected chi connectivity index (χ2v) is 8.72. The Morgan fingerprint density at radius 3 is 2.65 bits per heavy atom. The van der Waals surface area contributed by atoms with E-state index in [1.807, 2.05) is 42.5 Å². The average Bonchev–Trinajstić information content (AvgIpc) is 3.17. The van der Waals surface area contributed by atoms with Gasteiger partial charge < -0.3 is 10.1 Å². The molecule has 4 rings (SSSR count). The fourth-order valence-electron chi connectivity index (χ4n) is 2.93. The molecule has 1 heterocycles. The number of nitrogens with zero attached hydrogens (tertiary/aromatic N) is 1. The Morgan fingerprint density at radius 2 is 1.90 bits per heavy atom. The van der Waals surface area contributed by atoms with E-state index < -0.39 is 5.91 Å². The third kappa shape index (κ3) is 4.80. The van der Waals surface area contributed by atoms with Crippen LogP contribution in [0.2, 0.25) is 10.0 Å². The maximum Gasteiger partial charge on any atom is 0.258 e.